The van der Waals surface area contributed by atoms with Crippen LogP contribution in [0.1, 0.15) is 19.1 Å². The number of carbonyl (C=O) groups is 1. The summed E-state index contributed by atoms with van der Waals surface area (Å²) in [7, 11) is 1.87. The van der Waals surface area contributed by atoms with E-state index in [2.05, 4.69) is 10.6 Å². The lowest BCUT2D eigenvalue weighted by atomic mass is 10.2. The van der Waals surface area contributed by atoms with E-state index in [0.29, 0.717) is 25.4 Å². The second kappa shape index (κ2) is 6.24. The minimum absolute atomic E-state index is 0.0634. The molecular weight excluding hydrogens is 192 g/mol. The zero-order valence-corrected chi connectivity index (χ0v) is 9.25. The Bertz CT molecular complexity index is 283. The molecule has 1 amide bonds. The Hall–Kier alpha value is -1.29. The number of amides is 1. The van der Waals surface area contributed by atoms with Gasteiger partial charge >= 0.3 is 0 Å². The predicted molar refractivity (Wildman–Crippen MR) is 58.6 cm³/mol. The van der Waals surface area contributed by atoms with Crippen LogP contribution in [0.3, 0.4) is 0 Å². The molecule has 0 aromatic carbocycles. The minimum atomic E-state index is 0.0634. The average molecular weight is 210 g/mol. The highest BCUT2D eigenvalue weighted by Crippen LogP contribution is 2.02. The number of carbonyl (C=O) groups excluding carboxylic acids is 1. The molecule has 1 rings (SSSR count). The molecule has 15 heavy (non-hydrogen) atoms. The van der Waals surface area contributed by atoms with Gasteiger partial charge in [0.25, 0.3) is 0 Å². The lowest BCUT2D eigenvalue weighted by molar-refractivity contribution is -0.121. The fourth-order valence-corrected chi connectivity index (χ4v) is 1.15. The summed E-state index contributed by atoms with van der Waals surface area (Å²) in [6, 6.07) is 4.01. The van der Waals surface area contributed by atoms with Gasteiger partial charge in [0.1, 0.15) is 5.76 Å². The fourth-order valence-electron chi connectivity index (χ4n) is 1.15. The van der Waals surface area contributed by atoms with E-state index in [-0.39, 0.29) is 5.91 Å². The van der Waals surface area contributed by atoms with Gasteiger partial charge in [-0.1, -0.05) is 0 Å². The number of hydrogen-bond donors (Lipinski definition) is 2. The summed E-state index contributed by atoms with van der Waals surface area (Å²) in [5.74, 6) is 0.917. The summed E-state index contributed by atoms with van der Waals surface area (Å²) in [6.07, 6.45) is 2.76. The topological polar surface area (TPSA) is 54.3 Å². The van der Waals surface area contributed by atoms with Crippen molar-refractivity contribution >= 4 is 5.91 Å². The molecule has 1 unspecified atom stereocenters. The molecule has 4 nitrogen and oxygen atoms in total. The largest absolute Gasteiger partial charge is 0.469 e. The minimum Gasteiger partial charge on any atom is -0.469 e. The third kappa shape index (κ3) is 4.65. The summed E-state index contributed by atoms with van der Waals surface area (Å²) >= 11 is 0. The molecule has 4 heteroatoms. The standard InChI is InChI=1S/C11H18N2O2/c1-9(12-2)8-13-11(14)6-5-10-4-3-7-15-10/h3-4,7,9,12H,5-6,8H2,1-2H3,(H,13,14). The third-order valence-corrected chi connectivity index (χ3v) is 2.28. The number of rotatable bonds is 6. The van der Waals surface area contributed by atoms with E-state index in [0.717, 1.165) is 5.76 Å². The highest BCUT2D eigenvalue weighted by molar-refractivity contribution is 5.76. The van der Waals surface area contributed by atoms with Crippen LogP contribution in [-0.4, -0.2) is 25.5 Å². The van der Waals surface area contributed by atoms with E-state index in [1.807, 2.05) is 26.1 Å². The van der Waals surface area contributed by atoms with Gasteiger partial charge in [-0.15, -0.1) is 0 Å². The summed E-state index contributed by atoms with van der Waals surface area (Å²) in [6.45, 7) is 2.68. The van der Waals surface area contributed by atoms with E-state index < -0.39 is 0 Å². The molecule has 0 saturated carbocycles. The monoisotopic (exact) mass is 210 g/mol. The van der Waals surface area contributed by atoms with Crippen LogP contribution < -0.4 is 10.6 Å². The van der Waals surface area contributed by atoms with E-state index in [9.17, 15) is 4.79 Å². The van der Waals surface area contributed by atoms with Gasteiger partial charge in [0.05, 0.1) is 6.26 Å². The van der Waals surface area contributed by atoms with E-state index >= 15 is 0 Å². The molecule has 0 aliphatic heterocycles. The van der Waals surface area contributed by atoms with Crippen molar-refractivity contribution in [2.75, 3.05) is 13.6 Å². The van der Waals surface area contributed by atoms with E-state index in [4.69, 9.17) is 4.42 Å². The Labute approximate surface area is 90.0 Å². The van der Waals surface area contributed by atoms with Gasteiger partial charge in [0.2, 0.25) is 5.91 Å². The number of hydrogen-bond acceptors (Lipinski definition) is 3. The van der Waals surface area contributed by atoms with Gasteiger partial charge in [0.15, 0.2) is 0 Å². The first-order chi connectivity index (χ1) is 7.22. The molecule has 1 heterocycles. The van der Waals surface area contributed by atoms with Gasteiger partial charge in [-0.2, -0.15) is 0 Å². The zero-order chi connectivity index (χ0) is 11.1. The van der Waals surface area contributed by atoms with Crippen molar-refractivity contribution in [1.29, 1.82) is 0 Å². The van der Waals surface area contributed by atoms with Crippen molar-refractivity contribution < 1.29 is 9.21 Å². The van der Waals surface area contributed by atoms with Crippen molar-refractivity contribution in [1.82, 2.24) is 10.6 Å². The van der Waals surface area contributed by atoms with Crippen LogP contribution in [-0.2, 0) is 11.2 Å². The zero-order valence-electron chi connectivity index (χ0n) is 9.25. The summed E-state index contributed by atoms with van der Waals surface area (Å²) < 4.78 is 5.14. The quantitative estimate of drug-likeness (QED) is 0.734. The van der Waals surface area contributed by atoms with Crippen LogP contribution >= 0.6 is 0 Å². The smallest absolute Gasteiger partial charge is 0.220 e. The highest BCUT2D eigenvalue weighted by atomic mass is 16.3. The molecule has 0 saturated heterocycles. The van der Waals surface area contributed by atoms with Crippen LogP contribution in [0.5, 0.6) is 0 Å². The van der Waals surface area contributed by atoms with Crippen molar-refractivity contribution in [2.45, 2.75) is 25.8 Å². The van der Waals surface area contributed by atoms with Gasteiger partial charge < -0.3 is 15.1 Å². The fraction of sp³-hybridized carbons (Fsp3) is 0.545. The average Bonchev–Trinajstić information content (AvgIpc) is 2.75. The number of furan rings is 1. The van der Waals surface area contributed by atoms with Crippen LogP contribution in [0.4, 0.5) is 0 Å². The second-order valence-corrected chi connectivity index (χ2v) is 3.57. The maximum Gasteiger partial charge on any atom is 0.220 e. The molecule has 84 valence electrons. The first-order valence-corrected chi connectivity index (χ1v) is 5.18. The maximum absolute atomic E-state index is 11.4. The second-order valence-electron chi connectivity index (χ2n) is 3.57. The summed E-state index contributed by atoms with van der Waals surface area (Å²) in [4.78, 5) is 11.4. The Kier molecular flexibility index (Phi) is 4.90. The van der Waals surface area contributed by atoms with Crippen LogP contribution in [0, 0.1) is 0 Å². The molecule has 0 aliphatic carbocycles. The number of aryl methyl sites for hydroxylation is 1. The molecule has 1 aromatic rings. The van der Waals surface area contributed by atoms with E-state index in [1.165, 1.54) is 0 Å². The Morgan fingerprint density at radius 1 is 1.60 bits per heavy atom. The maximum atomic E-state index is 11.4. The highest BCUT2D eigenvalue weighted by Gasteiger charge is 2.05. The Balaban J connectivity index is 2.14. The SMILES string of the molecule is CNC(C)CNC(=O)CCc1ccco1. The lowest BCUT2D eigenvalue weighted by Gasteiger charge is -2.10. The van der Waals surface area contributed by atoms with Crippen LogP contribution in [0.2, 0.25) is 0 Å². The third-order valence-electron chi connectivity index (χ3n) is 2.28. The van der Waals surface area contributed by atoms with Crippen molar-refractivity contribution in [3.05, 3.63) is 24.2 Å². The number of nitrogens with one attached hydrogen (secondary N) is 2. The lowest BCUT2D eigenvalue weighted by Crippen LogP contribution is -2.37. The van der Waals surface area contributed by atoms with Crippen molar-refractivity contribution in [3.63, 3.8) is 0 Å². The first-order valence-electron chi connectivity index (χ1n) is 5.18. The van der Waals surface area contributed by atoms with Crippen molar-refractivity contribution in [2.24, 2.45) is 0 Å². The molecule has 1 aromatic heterocycles. The molecule has 2 N–H and O–H groups in total. The summed E-state index contributed by atoms with van der Waals surface area (Å²) in [5, 5.41) is 5.91. The molecule has 0 aliphatic rings. The van der Waals surface area contributed by atoms with Gasteiger partial charge in [-0.25, -0.2) is 0 Å². The summed E-state index contributed by atoms with van der Waals surface area (Å²) in [5.41, 5.74) is 0. The number of likely N-dealkylation sites (N-methyl/N-ethyl adjacent to an activating group) is 1. The molecule has 0 radical (unpaired) electrons. The predicted octanol–water partition coefficient (Wildman–Crippen LogP) is 0.936. The van der Waals surface area contributed by atoms with Gasteiger partial charge in [0, 0.05) is 25.4 Å². The molecular formula is C11H18N2O2. The Morgan fingerprint density at radius 3 is 3.00 bits per heavy atom. The molecule has 0 bridgehead atoms. The van der Waals surface area contributed by atoms with Crippen LogP contribution in [0.15, 0.2) is 22.8 Å². The molecule has 1 atom stereocenters. The molecule has 0 fully saturated rings. The van der Waals surface area contributed by atoms with Crippen molar-refractivity contribution in [3.8, 4) is 0 Å². The normalized spacial score (nSPS) is 12.4. The first kappa shape index (κ1) is 11.8. The van der Waals surface area contributed by atoms with Gasteiger partial charge in [-0.05, 0) is 26.1 Å². The Morgan fingerprint density at radius 2 is 2.40 bits per heavy atom. The molecule has 0 spiro atoms. The van der Waals surface area contributed by atoms with Crippen LogP contribution in [0.25, 0.3) is 0 Å². The van der Waals surface area contributed by atoms with E-state index in [1.54, 1.807) is 6.26 Å². The van der Waals surface area contributed by atoms with Gasteiger partial charge in [-0.3, -0.25) is 4.79 Å².